The molecule has 1 aromatic rings. The molecule has 0 aliphatic rings. The summed E-state index contributed by atoms with van der Waals surface area (Å²) in [5.41, 5.74) is 0.686. The Morgan fingerprint density at radius 2 is 1.79 bits per heavy atom. The van der Waals surface area contributed by atoms with Crippen molar-refractivity contribution >= 4 is 29.7 Å². The molecule has 0 heterocycles. The van der Waals surface area contributed by atoms with Gasteiger partial charge in [0.05, 0.1) is 6.21 Å². The van der Waals surface area contributed by atoms with Crippen LogP contribution in [0.5, 0.6) is 0 Å². The van der Waals surface area contributed by atoms with Crippen LogP contribution in [0.15, 0.2) is 24.3 Å². The third kappa shape index (κ3) is 9.56. The minimum atomic E-state index is -0.933. The SMILES string of the molecule is CC(=O)NCCCC(=O)N[C@@H](CCC(=O)C=N)C(=O)NCc1ccc(F)cc1. The van der Waals surface area contributed by atoms with Crippen molar-refractivity contribution in [1.82, 2.24) is 16.0 Å². The molecule has 28 heavy (non-hydrogen) atoms. The number of carbonyl (C=O) groups excluding carboxylic acids is 4. The fourth-order valence-electron chi connectivity index (χ4n) is 2.32. The largest absolute Gasteiger partial charge is 0.356 e. The van der Waals surface area contributed by atoms with Crippen molar-refractivity contribution in [3.05, 3.63) is 35.6 Å². The first kappa shape index (κ1) is 22.9. The molecule has 0 aliphatic carbocycles. The van der Waals surface area contributed by atoms with Crippen molar-refractivity contribution in [3.63, 3.8) is 0 Å². The maximum Gasteiger partial charge on any atom is 0.242 e. The Hall–Kier alpha value is -3.10. The van der Waals surface area contributed by atoms with E-state index in [0.29, 0.717) is 24.7 Å². The molecule has 0 unspecified atom stereocenters. The number of hydrogen-bond acceptors (Lipinski definition) is 5. The molecule has 8 nitrogen and oxygen atoms in total. The molecule has 4 N–H and O–H groups in total. The van der Waals surface area contributed by atoms with Crippen LogP contribution in [-0.4, -0.2) is 42.3 Å². The molecule has 0 spiro atoms. The molecule has 3 amide bonds. The molecular formula is C19H25FN4O4. The molecule has 0 fully saturated rings. The lowest BCUT2D eigenvalue weighted by Crippen LogP contribution is -2.46. The molecular weight excluding hydrogens is 367 g/mol. The Balaban J connectivity index is 2.58. The zero-order valence-corrected chi connectivity index (χ0v) is 15.7. The third-order valence-corrected chi connectivity index (χ3v) is 3.83. The molecule has 0 saturated carbocycles. The summed E-state index contributed by atoms with van der Waals surface area (Å²) < 4.78 is 12.9. The topological polar surface area (TPSA) is 128 Å². The van der Waals surface area contributed by atoms with Gasteiger partial charge in [-0.25, -0.2) is 4.39 Å². The van der Waals surface area contributed by atoms with Gasteiger partial charge in [0.25, 0.3) is 0 Å². The van der Waals surface area contributed by atoms with Crippen molar-refractivity contribution in [3.8, 4) is 0 Å². The Morgan fingerprint density at radius 3 is 2.39 bits per heavy atom. The van der Waals surface area contributed by atoms with Crippen LogP contribution < -0.4 is 16.0 Å². The third-order valence-electron chi connectivity index (χ3n) is 3.83. The maximum absolute atomic E-state index is 12.9. The first-order valence-corrected chi connectivity index (χ1v) is 8.91. The van der Waals surface area contributed by atoms with Gasteiger partial charge in [-0.3, -0.25) is 19.2 Å². The number of ketones is 1. The van der Waals surface area contributed by atoms with E-state index in [2.05, 4.69) is 16.0 Å². The molecule has 1 atom stereocenters. The summed E-state index contributed by atoms with van der Waals surface area (Å²) in [6.07, 6.45) is 1.20. The normalized spacial score (nSPS) is 11.2. The highest BCUT2D eigenvalue weighted by Gasteiger charge is 2.21. The van der Waals surface area contributed by atoms with Crippen molar-refractivity contribution in [2.75, 3.05) is 6.54 Å². The van der Waals surface area contributed by atoms with E-state index in [1.807, 2.05) is 0 Å². The van der Waals surface area contributed by atoms with E-state index in [1.54, 1.807) is 0 Å². The standard InChI is InChI=1S/C19H25FN4O4/c1-13(25)22-10-2-3-18(27)24-17(9-8-16(26)11-21)19(28)23-12-14-4-6-15(20)7-5-14/h4-7,11,17,21H,2-3,8-10,12H2,1H3,(H,22,25)(H,23,28)(H,24,27)/t17-/m0/s1. The number of nitrogens with one attached hydrogen (secondary N) is 4. The molecule has 0 radical (unpaired) electrons. The van der Waals surface area contributed by atoms with Gasteiger partial charge in [-0.1, -0.05) is 12.1 Å². The summed E-state index contributed by atoms with van der Waals surface area (Å²) in [6.45, 7) is 1.87. The van der Waals surface area contributed by atoms with E-state index in [4.69, 9.17) is 5.41 Å². The first-order chi connectivity index (χ1) is 13.3. The van der Waals surface area contributed by atoms with E-state index < -0.39 is 17.7 Å². The van der Waals surface area contributed by atoms with Crippen LogP contribution >= 0.6 is 0 Å². The molecule has 152 valence electrons. The quantitative estimate of drug-likeness (QED) is 0.310. The van der Waals surface area contributed by atoms with Gasteiger partial charge in [0.1, 0.15) is 11.9 Å². The second-order valence-electron chi connectivity index (χ2n) is 6.20. The predicted octanol–water partition coefficient (Wildman–Crippen LogP) is 0.842. The monoisotopic (exact) mass is 392 g/mol. The van der Waals surface area contributed by atoms with Crippen molar-refractivity contribution in [2.24, 2.45) is 0 Å². The first-order valence-electron chi connectivity index (χ1n) is 8.91. The van der Waals surface area contributed by atoms with Gasteiger partial charge in [-0.05, 0) is 30.5 Å². The van der Waals surface area contributed by atoms with Crippen molar-refractivity contribution in [2.45, 2.75) is 45.2 Å². The van der Waals surface area contributed by atoms with Gasteiger partial charge in [0, 0.05) is 32.9 Å². The zero-order valence-electron chi connectivity index (χ0n) is 15.7. The van der Waals surface area contributed by atoms with E-state index in [-0.39, 0.29) is 43.4 Å². The Labute approximate surface area is 162 Å². The maximum atomic E-state index is 12.9. The smallest absolute Gasteiger partial charge is 0.242 e. The molecule has 0 aliphatic heterocycles. The van der Waals surface area contributed by atoms with E-state index in [1.165, 1.54) is 31.2 Å². The number of amides is 3. The van der Waals surface area contributed by atoms with Crippen LogP contribution in [0.25, 0.3) is 0 Å². The van der Waals surface area contributed by atoms with Crippen LogP contribution in [-0.2, 0) is 25.7 Å². The molecule has 0 bridgehead atoms. The van der Waals surface area contributed by atoms with Gasteiger partial charge < -0.3 is 21.4 Å². The van der Waals surface area contributed by atoms with Gasteiger partial charge in [-0.15, -0.1) is 0 Å². The van der Waals surface area contributed by atoms with Gasteiger partial charge in [0.2, 0.25) is 17.7 Å². The summed E-state index contributed by atoms with van der Waals surface area (Å²) in [5.74, 6) is -1.88. The Bertz CT molecular complexity index is 706. The van der Waals surface area contributed by atoms with Crippen molar-refractivity contribution in [1.29, 1.82) is 5.41 Å². The second kappa shape index (κ2) is 12.3. The lowest BCUT2D eigenvalue weighted by molar-refractivity contribution is -0.129. The molecule has 1 aromatic carbocycles. The van der Waals surface area contributed by atoms with E-state index in [0.717, 1.165) is 0 Å². The second-order valence-corrected chi connectivity index (χ2v) is 6.20. The summed E-state index contributed by atoms with van der Waals surface area (Å²) in [7, 11) is 0. The van der Waals surface area contributed by atoms with Gasteiger partial charge >= 0.3 is 0 Å². The number of hydrogen-bond donors (Lipinski definition) is 4. The summed E-state index contributed by atoms with van der Waals surface area (Å²) in [4.78, 5) is 46.6. The van der Waals surface area contributed by atoms with Gasteiger partial charge in [-0.2, -0.15) is 0 Å². The minimum absolute atomic E-state index is 0.0513. The van der Waals surface area contributed by atoms with Crippen LogP contribution in [0, 0.1) is 11.2 Å². The van der Waals surface area contributed by atoms with Crippen LogP contribution in [0.2, 0.25) is 0 Å². The van der Waals surface area contributed by atoms with Gasteiger partial charge in [0.15, 0.2) is 5.78 Å². The molecule has 1 rings (SSSR count). The number of rotatable bonds is 12. The molecule has 0 aromatic heterocycles. The van der Waals surface area contributed by atoms with E-state index >= 15 is 0 Å². The summed E-state index contributed by atoms with van der Waals surface area (Å²) in [5, 5.41) is 14.7. The lowest BCUT2D eigenvalue weighted by atomic mass is 10.1. The molecule has 9 heteroatoms. The highest BCUT2D eigenvalue weighted by atomic mass is 19.1. The van der Waals surface area contributed by atoms with Crippen LogP contribution in [0.1, 0.15) is 38.2 Å². The summed E-state index contributed by atoms with van der Waals surface area (Å²) >= 11 is 0. The number of Topliss-reactive ketones (excluding diaryl/α,β-unsaturated/α-hetero) is 1. The van der Waals surface area contributed by atoms with Crippen LogP contribution in [0.4, 0.5) is 4.39 Å². The molecule has 0 saturated heterocycles. The average Bonchev–Trinajstić information content (AvgIpc) is 2.67. The number of benzene rings is 1. The Kier molecular flexibility index (Phi) is 10.1. The van der Waals surface area contributed by atoms with Crippen LogP contribution in [0.3, 0.4) is 0 Å². The Morgan fingerprint density at radius 1 is 1.11 bits per heavy atom. The van der Waals surface area contributed by atoms with E-state index in [9.17, 15) is 23.6 Å². The van der Waals surface area contributed by atoms with Crippen molar-refractivity contribution < 1.29 is 23.6 Å². The highest BCUT2D eigenvalue weighted by Crippen LogP contribution is 2.04. The number of carbonyl (C=O) groups is 4. The zero-order chi connectivity index (χ0) is 20.9. The summed E-state index contributed by atoms with van der Waals surface area (Å²) in [6, 6.07) is 4.68. The lowest BCUT2D eigenvalue weighted by Gasteiger charge is -2.18. The predicted molar refractivity (Wildman–Crippen MR) is 101 cm³/mol. The highest BCUT2D eigenvalue weighted by molar-refractivity contribution is 6.26. The minimum Gasteiger partial charge on any atom is -0.356 e. The number of halogens is 1. The fourth-order valence-corrected chi connectivity index (χ4v) is 2.32. The fraction of sp³-hybridized carbons (Fsp3) is 0.421. The average molecular weight is 392 g/mol.